The van der Waals surface area contributed by atoms with E-state index < -0.39 is 0 Å². The van der Waals surface area contributed by atoms with Crippen molar-refractivity contribution in [2.45, 2.75) is 24.3 Å². The Morgan fingerprint density at radius 3 is 2.71 bits per heavy atom. The number of nitrogens with zero attached hydrogens (tertiary/aromatic N) is 1. The van der Waals surface area contributed by atoms with Crippen LogP contribution in [0.15, 0.2) is 24.3 Å². The van der Waals surface area contributed by atoms with Crippen LogP contribution in [0.5, 0.6) is 0 Å². The van der Waals surface area contributed by atoms with Gasteiger partial charge in [-0.25, -0.2) is 0 Å². The molecule has 1 saturated heterocycles. The third-order valence-corrected chi connectivity index (χ3v) is 4.76. The molecule has 4 nitrogen and oxygen atoms in total. The Balaban J connectivity index is 1.92. The number of anilines is 1. The Kier molecular flexibility index (Phi) is 5.61. The van der Waals surface area contributed by atoms with Crippen molar-refractivity contribution in [3.05, 3.63) is 29.8 Å². The van der Waals surface area contributed by atoms with E-state index in [1.165, 1.54) is 0 Å². The molecule has 1 aliphatic heterocycles. The largest absolute Gasteiger partial charge is 0.389 e. The number of carbonyl (C=O) groups excluding carboxylic acids is 1. The van der Waals surface area contributed by atoms with Crippen molar-refractivity contribution in [1.82, 2.24) is 4.90 Å². The molecule has 21 heavy (non-hydrogen) atoms. The topological polar surface area (TPSA) is 58.4 Å². The first-order valence-corrected chi connectivity index (χ1v) is 8.36. The first-order chi connectivity index (χ1) is 9.94. The summed E-state index contributed by atoms with van der Waals surface area (Å²) in [5.41, 5.74) is 7.10. The Bertz CT molecular complexity index is 525. The number of amides is 1. The molecule has 2 atom stereocenters. The van der Waals surface area contributed by atoms with Crippen LogP contribution in [0.2, 0.25) is 0 Å². The predicted octanol–water partition coefficient (Wildman–Crippen LogP) is 2.09. The van der Waals surface area contributed by atoms with Crippen LogP contribution in [0.4, 0.5) is 5.69 Å². The molecule has 0 spiro atoms. The molecule has 1 aromatic carbocycles. The zero-order valence-corrected chi connectivity index (χ0v) is 14.0. The standard InChI is InChI=1S/C15H21N3OS2/c1-10-7-18(8-11(2)21-10)9-14(19)17-13-5-3-4-12(6-13)15(16)20/h3-6,10-11H,7-9H2,1-2H3,(H2,16,20)(H,17,19). The van der Waals surface area contributed by atoms with E-state index >= 15 is 0 Å². The highest BCUT2D eigenvalue weighted by atomic mass is 32.2. The lowest BCUT2D eigenvalue weighted by Gasteiger charge is -2.33. The number of thioether (sulfide) groups is 1. The van der Waals surface area contributed by atoms with Crippen molar-refractivity contribution in [3.8, 4) is 0 Å². The Morgan fingerprint density at radius 1 is 1.43 bits per heavy atom. The van der Waals surface area contributed by atoms with Gasteiger partial charge in [0.05, 0.1) is 6.54 Å². The minimum atomic E-state index is 0.00129. The van der Waals surface area contributed by atoms with Gasteiger partial charge in [-0.05, 0) is 12.1 Å². The molecule has 0 radical (unpaired) electrons. The number of carbonyl (C=O) groups is 1. The van der Waals surface area contributed by atoms with Gasteiger partial charge in [0.2, 0.25) is 5.91 Å². The maximum absolute atomic E-state index is 12.2. The van der Waals surface area contributed by atoms with Gasteiger partial charge in [0, 0.05) is 34.8 Å². The minimum absolute atomic E-state index is 0.00129. The average Bonchev–Trinajstić information content (AvgIpc) is 2.37. The van der Waals surface area contributed by atoms with Crippen LogP contribution in [-0.4, -0.2) is 45.9 Å². The van der Waals surface area contributed by atoms with Crippen LogP contribution in [0.25, 0.3) is 0 Å². The molecule has 2 rings (SSSR count). The van der Waals surface area contributed by atoms with E-state index in [0.717, 1.165) is 24.3 Å². The quantitative estimate of drug-likeness (QED) is 0.831. The van der Waals surface area contributed by atoms with Gasteiger partial charge in [-0.3, -0.25) is 9.69 Å². The summed E-state index contributed by atoms with van der Waals surface area (Å²) < 4.78 is 0. The second-order valence-electron chi connectivity index (χ2n) is 5.44. The molecule has 1 fully saturated rings. The van der Waals surface area contributed by atoms with Gasteiger partial charge in [-0.2, -0.15) is 11.8 Å². The minimum Gasteiger partial charge on any atom is -0.389 e. The summed E-state index contributed by atoms with van der Waals surface area (Å²) in [4.78, 5) is 14.7. The Hall–Kier alpha value is -1.11. The van der Waals surface area contributed by atoms with Gasteiger partial charge in [0.1, 0.15) is 4.99 Å². The summed E-state index contributed by atoms with van der Waals surface area (Å²) in [6.07, 6.45) is 0. The van der Waals surface area contributed by atoms with Gasteiger partial charge in [-0.1, -0.05) is 38.2 Å². The van der Waals surface area contributed by atoms with E-state index in [0.29, 0.717) is 22.0 Å². The number of thiocarbonyl (C=S) groups is 1. The predicted molar refractivity (Wildman–Crippen MR) is 93.9 cm³/mol. The first-order valence-electron chi connectivity index (χ1n) is 7.01. The molecule has 2 unspecified atom stereocenters. The second-order valence-corrected chi connectivity index (χ2v) is 7.77. The molecule has 0 bridgehead atoms. The highest BCUT2D eigenvalue weighted by Crippen LogP contribution is 2.24. The van der Waals surface area contributed by atoms with Gasteiger partial charge < -0.3 is 11.1 Å². The fraction of sp³-hybridized carbons (Fsp3) is 0.467. The average molecular weight is 323 g/mol. The van der Waals surface area contributed by atoms with Crippen LogP contribution in [0.1, 0.15) is 19.4 Å². The van der Waals surface area contributed by atoms with Gasteiger partial charge >= 0.3 is 0 Å². The molecule has 0 saturated carbocycles. The maximum atomic E-state index is 12.2. The Labute approximate surface area is 135 Å². The molecule has 3 N–H and O–H groups in total. The third-order valence-electron chi connectivity index (χ3n) is 3.29. The number of benzene rings is 1. The molecule has 6 heteroatoms. The van der Waals surface area contributed by atoms with Gasteiger partial charge in [-0.15, -0.1) is 0 Å². The van der Waals surface area contributed by atoms with E-state index in [4.69, 9.17) is 18.0 Å². The van der Waals surface area contributed by atoms with Crippen LogP contribution in [-0.2, 0) is 4.79 Å². The number of hydrogen-bond donors (Lipinski definition) is 2. The zero-order chi connectivity index (χ0) is 15.4. The molecule has 1 amide bonds. The monoisotopic (exact) mass is 323 g/mol. The van der Waals surface area contributed by atoms with Gasteiger partial charge in [0.15, 0.2) is 0 Å². The van der Waals surface area contributed by atoms with Gasteiger partial charge in [0.25, 0.3) is 0 Å². The fourth-order valence-corrected chi connectivity index (χ4v) is 4.08. The van der Waals surface area contributed by atoms with Crippen molar-refractivity contribution in [2.24, 2.45) is 5.73 Å². The summed E-state index contributed by atoms with van der Waals surface area (Å²) in [5.74, 6) is 0.00129. The number of rotatable bonds is 4. The van der Waals surface area contributed by atoms with Crippen molar-refractivity contribution in [2.75, 3.05) is 25.0 Å². The highest BCUT2D eigenvalue weighted by Gasteiger charge is 2.23. The fourth-order valence-electron chi connectivity index (χ4n) is 2.57. The van der Waals surface area contributed by atoms with E-state index in [9.17, 15) is 4.79 Å². The van der Waals surface area contributed by atoms with Crippen molar-refractivity contribution < 1.29 is 4.79 Å². The number of hydrogen-bond acceptors (Lipinski definition) is 4. The maximum Gasteiger partial charge on any atom is 0.238 e. The molecule has 0 aromatic heterocycles. The van der Waals surface area contributed by atoms with E-state index in [-0.39, 0.29) is 5.91 Å². The SMILES string of the molecule is CC1CN(CC(=O)Nc2cccc(C(N)=S)c2)CC(C)S1. The summed E-state index contributed by atoms with van der Waals surface area (Å²) >= 11 is 6.93. The summed E-state index contributed by atoms with van der Waals surface area (Å²) in [7, 11) is 0. The highest BCUT2D eigenvalue weighted by molar-refractivity contribution is 8.00. The summed E-state index contributed by atoms with van der Waals surface area (Å²) in [6.45, 7) is 6.74. The lowest BCUT2D eigenvalue weighted by Crippen LogP contribution is -2.44. The molecule has 1 aromatic rings. The van der Waals surface area contributed by atoms with E-state index in [1.54, 1.807) is 6.07 Å². The smallest absolute Gasteiger partial charge is 0.238 e. The zero-order valence-electron chi connectivity index (χ0n) is 12.3. The van der Waals surface area contributed by atoms with Crippen molar-refractivity contribution in [3.63, 3.8) is 0 Å². The summed E-state index contributed by atoms with van der Waals surface area (Å²) in [6, 6.07) is 7.32. The second kappa shape index (κ2) is 7.24. The molecular weight excluding hydrogens is 302 g/mol. The van der Waals surface area contributed by atoms with Crippen molar-refractivity contribution >= 4 is 40.6 Å². The first kappa shape index (κ1) is 16.3. The normalized spacial score (nSPS) is 22.8. The van der Waals surface area contributed by atoms with Crippen LogP contribution in [0, 0.1) is 0 Å². The molecule has 114 valence electrons. The molecular formula is C15H21N3OS2. The molecule has 1 heterocycles. The van der Waals surface area contributed by atoms with Crippen LogP contribution < -0.4 is 11.1 Å². The molecule has 1 aliphatic rings. The van der Waals surface area contributed by atoms with E-state index in [2.05, 4.69) is 24.1 Å². The lowest BCUT2D eigenvalue weighted by atomic mass is 10.2. The summed E-state index contributed by atoms with van der Waals surface area (Å²) in [5, 5.41) is 4.05. The Morgan fingerprint density at radius 2 is 2.10 bits per heavy atom. The molecule has 0 aliphatic carbocycles. The third kappa shape index (κ3) is 4.98. The van der Waals surface area contributed by atoms with E-state index in [1.807, 2.05) is 30.0 Å². The number of nitrogens with two attached hydrogens (primary N) is 1. The number of nitrogens with one attached hydrogen (secondary N) is 1. The van der Waals surface area contributed by atoms with Crippen LogP contribution in [0.3, 0.4) is 0 Å². The van der Waals surface area contributed by atoms with Crippen LogP contribution >= 0.6 is 24.0 Å². The lowest BCUT2D eigenvalue weighted by molar-refractivity contribution is -0.117. The van der Waals surface area contributed by atoms with Crippen molar-refractivity contribution in [1.29, 1.82) is 0 Å².